The summed E-state index contributed by atoms with van der Waals surface area (Å²) in [7, 11) is 0. The summed E-state index contributed by atoms with van der Waals surface area (Å²) >= 11 is 3.49. The van der Waals surface area contributed by atoms with Gasteiger partial charge in [-0.2, -0.15) is 0 Å². The number of rotatable bonds is 5. The van der Waals surface area contributed by atoms with Crippen LogP contribution in [-0.2, 0) is 13.0 Å². The van der Waals surface area contributed by atoms with Gasteiger partial charge in [0.15, 0.2) is 0 Å². The minimum atomic E-state index is -0.204. The molecular weight excluding hydrogens is 322 g/mol. The normalized spacial score (nSPS) is 10.6. The van der Waals surface area contributed by atoms with Gasteiger partial charge in [-0.05, 0) is 36.6 Å². The first-order chi connectivity index (χ1) is 9.61. The van der Waals surface area contributed by atoms with Crippen LogP contribution in [0, 0.1) is 6.92 Å². The molecule has 2 N–H and O–H groups in total. The number of aliphatic hydroxyl groups excluding tert-OH is 1. The molecule has 2 rings (SSSR count). The summed E-state index contributed by atoms with van der Waals surface area (Å²) in [4.78, 5) is 11.9. The Morgan fingerprint density at radius 3 is 2.95 bits per heavy atom. The molecule has 1 aromatic carbocycles. The van der Waals surface area contributed by atoms with Gasteiger partial charge in [-0.1, -0.05) is 28.1 Å². The van der Waals surface area contributed by atoms with E-state index >= 15 is 0 Å². The Labute approximate surface area is 125 Å². The molecule has 0 aliphatic carbocycles. The van der Waals surface area contributed by atoms with Crippen molar-refractivity contribution in [2.24, 2.45) is 0 Å². The van der Waals surface area contributed by atoms with E-state index in [-0.39, 0.29) is 12.5 Å². The fourth-order valence-corrected chi connectivity index (χ4v) is 2.33. The third-order valence-corrected chi connectivity index (χ3v) is 3.99. The zero-order valence-electron chi connectivity index (χ0n) is 11.1. The predicted molar refractivity (Wildman–Crippen MR) is 79.5 cm³/mol. The Kier molecular flexibility index (Phi) is 4.98. The van der Waals surface area contributed by atoms with E-state index in [2.05, 4.69) is 21.2 Å². The maximum atomic E-state index is 11.9. The quantitative estimate of drug-likeness (QED) is 0.881. The summed E-state index contributed by atoms with van der Waals surface area (Å²) in [5.74, 6) is 0.194. The number of benzene rings is 1. The van der Waals surface area contributed by atoms with Crippen molar-refractivity contribution in [3.63, 3.8) is 0 Å². The van der Waals surface area contributed by atoms with Crippen molar-refractivity contribution in [1.82, 2.24) is 5.32 Å². The van der Waals surface area contributed by atoms with Crippen molar-refractivity contribution in [3.8, 4) is 0 Å². The van der Waals surface area contributed by atoms with Gasteiger partial charge in [-0.25, -0.2) is 0 Å². The van der Waals surface area contributed by atoms with Crippen molar-refractivity contribution < 1.29 is 14.3 Å². The van der Waals surface area contributed by atoms with Gasteiger partial charge in [0.2, 0.25) is 0 Å². The van der Waals surface area contributed by atoms with Gasteiger partial charge >= 0.3 is 0 Å². The summed E-state index contributed by atoms with van der Waals surface area (Å²) in [6, 6.07) is 7.57. The fourth-order valence-electron chi connectivity index (χ4n) is 1.92. The smallest absolute Gasteiger partial charge is 0.254 e. The average molecular weight is 338 g/mol. The number of carbonyl (C=O) groups is 1. The van der Waals surface area contributed by atoms with Crippen molar-refractivity contribution in [3.05, 3.63) is 57.5 Å². The maximum absolute atomic E-state index is 11.9. The zero-order chi connectivity index (χ0) is 14.5. The number of nitrogens with one attached hydrogen (secondary N) is 1. The summed E-state index contributed by atoms with van der Waals surface area (Å²) in [6.07, 6.45) is 2.12. The molecule has 1 heterocycles. The Bertz CT molecular complexity index is 607. The molecule has 0 unspecified atom stereocenters. The van der Waals surface area contributed by atoms with Crippen LogP contribution in [0.2, 0.25) is 0 Å². The Hall–Kier alpha value is -1.59. The zero-order valence-corrected chi connectivity index (χ0v) is 12.7. The summed E-state index contributed by atoms with van der Waals surface area (Å²) in [5.41, 5.74) is 2.82. The van der Waals surface area contributed by atoms with Crippen LogP contribution >= 0.6 is 15.9 Å². The second-order valence-electron chi connectivity index (χ2n) is 4.49. The molecule has 4 nitrogen and oxygen atoms in total. The van der Waals surface area contributed by atoms with Gasteiger partial charge in [0.05, 0.1) is 5.56 Å². The Balaban J connectivity index is 1.89. The second kappa shape index (κ2) is 6.72. The highest BCUT2D eigenvalue weighted by atomic mass is 79.9. The van der Waals surface area contributed by atoms with Gasteiger partial charge in [0.25, 0.3) is 5.91 Å². The largest absolute Gasteiger partial charge is 0.466 e. The van der Waals surface area contributed by atoms with E-state index in [0.717, 1.165) is 10.9 Å². The lowest BCUT2D eigenvalue weighted by molar-refractivity contribution is 0.0953. The SMILES string of the molecule is Cc1c(Br)cccc1CCNC(=O)c1coc(CO)c1. The molecule has 0 spiro atoms. The topological polar surface area (TPSA) is 62.5 Å². The molecule has 0 bridgehead atoms. The van der Waals surface area contributed by atoms with Crippen LogP contribution in [0.25, 0.3) is 0 Å². The van der Waals surface area contributed by atoms with Gasteiger partial charge in [-0.15, -0.1) is 0 Å². The molecule has 5 heteroatoms. The first-order valence-corrected chi connectivity index (χ1v) is 7.11. The first kappa shape index (κ1) is 14.8. The van der Waals surface area contributed by atoms with Crippen LogP contribution in [-0.4, -0.2) is 17.6 Å². The first-order valence-electron chi connectivity index (χ1n) is 6.32. The minimum Gasteiger partial charge on any atom is -0.466 e. The van der Waals surface area contributed by atoms with Gasteiger partial charge in [0, 0.05) is 11.0 Å². The molecule has 0 aliphatic heterocycles. The summed E-state index contributed by atoms with van der Waals surface area (Å²) in [6.45, 7) is 2.39. The van der Waals surface area contributed by atoms with Crippen LogP contribution in [0.1, 0.15) is 27.2 Å². The van der Waals surface area contributed by atoms with E-state index in [1.807, 2.05) is 25.1 Å². The molecule has 106 valence electrons. The molecule has 1 aromatic heterocycles. The van der Waals surface area contributed by atoms with Crippen molar-refractivity contribution in [1.29, 1.82) is 0 Å². The van der Waals surface area contributed by atoms with E-state index in [1.165, 1.54) is 17.4 Å². The van der Waals surface area contributed by atoms with Crippen LogP contribution in [0.15, 0.2) is 39.4 Å². The van der Waals surface area contributed by atoms with Crippen LogP contribution in [0.3, 0.4) is 0 Å². The third-order valence-electron chi connectivity index (χ3n) is 3.13. The van der Waals surface area contributed by atoms with Gasteiger partial charge < -0.3 is 14.8 Å². The van der Waals surface area contributed by atoms with Gasteiger partial charge in [-0.3, -0.25) is 4.79 Å². The molecule has 2 aromatic rings. The number of hydrogen-bond donors (Lipinski definition) is 2. The summed E-state index contributed by atoms with van der Waals surface area (Å²) in [5, 5.41) is 11.7. The van der Waals surface area contributed by atoms with Crippen LogP contribution in [0.4, 0.5) is 0 Å². The standard InChI is InChI=1S/C15H16BrNO3/c1-10-11(3-2-4-14(10)16)5-6-17-15(19)12-7-13(8-18)20-9-12/h2-4,7,9,18H,5-6,8H2,1H3,(H,17,19). The second-order valence-corrected chi connectivity index (χ2v) is 5.34. The van der Waals surface area contributed by atoms with Crippen LogP contribution in [0.5, 0.6) is 0 Å². The number of halogens is 1. The highest BCUT2D eigenvalue weighted by Crippen LogP contribution is 2.19. The molecule has 20 heavy (non-hydrogen) atoms. The number of aliphatic hydroxyl groups is 1. The maximum Gasteiger partial charge on any atom is 0.254 e. The minimum absolute atomic E-state index is 0.193. The lowest BCUT2D eigenvalue weighted by atomic mass is 10.1. The molecular formula is C15H16BrNO3. The number of carbonyl (C=O) groups excluding carboxylic acids is 1. The molecule has 0 fully saturated rings. The average Bonchev–Trinajstić information content (AvgIpc) is 2.92. The Morgan fingerprint density at radius 1 is 1.45 bits per heavy atom. The van der Waals surface area contributed by atoms with Crippen molar-refractivity contribution >= 4 is 21.8 Å². The summed E-state index contributed by atoms with van der Waals surface area (Å²) < 4.78 is 6.09. The number of furan rings is 1. The van der Waals surface area contributed by atoms with E-state index in [0.29, 0.717) is 17.9 Å². The lowest BCUT2D eigenvalue weighted by Crippen LogP contribution is -2.25. The van der Waals surface area contributed by atoms with Crippen molar-refractivity contribution in [2.45, 2.75) is 20.0 Å². The lowest BCUT2D eigenvalue weighted by Gasteiger charge is -2.08. The number of hydrogen-bond acceptors (Lipinski definition) is 3. The molecule has 1 amide bonds. The Morgan fingerprint density at radius 2 is 2.25 bits per heavy atom. The van der Waals surface area contributed by atoms with E-state index < -0.39 is 0 Å². The van der Waals surface area contributed by atoms with Crippen LogP contribution < -0.4 is 5.32 Å². The molecule has 0 saturated heterocycles. The highest BCUT2D eigenvalue weighted by molar-refractivity contribution is 9.10. The van der Waals surface area contributed by atoms with E-state index in [1.54, 1.807) is 6.07 Å². The third kappa shape index (κ3) is 3.49. The molecule has 0 atom stereocenters. The highest BCUT2D eigenvalue weighted by Gasteiger charge is 2.09. The fraction of sp³-hybridized carbons (Fsp3) is 0.267. The van der Waals surface area contributed by atoms with E-state index in [4.69, 9.17) is 9.52 Å². The predicted octanol–water partition coefficient (Wildman–Crippen LogP) is 2.82. The van der Waals surface area contributed by atoms with Crippen molar-refractivity contribution in [2.75, 3.05) is 6.54 Å². The monoisotopic (exact) mass is 337 g/mol. The molecule has 0 aliphatic rings. The number of amides is 1. The molecule has 0 saturated carbocycles. The van der Waals surface area contributed by atoms with E-state index in [9.17, 15) is 4.79 Å². The van der Waals surface area contributed by atoms with Gasteiger partial charge in [0.1, 0.15) is 18.6 Å². The molecule has 0 radical (unpaired) electrons.